The van der Waals surface area contributed by atoms with Crippen LogP contribution in [0.2, 0.25) is 0 Å². The van der Waals surface area contributed by atoms with E-state index in [1.165, 1.54) is 139 Å². The summed E-state index contributed by atoms with van der Waals surface area (Å²) in [5, 5.41) is 3.79. The van der Waals surface area contributed by atoms with E-state index in [1.54, 1.807) is 0 Å². The fraction of sp³-hybridized carbons (Fsp3) is 0.0933. The van der Waals surface area contributed by atoms with Crippen LogP contribution in [-0.2, 0) is 11.8 Å². The van der Waals surface area contributed by atoms with Crippen LogP contribution >= 0.6 is 0 Å². The van der Waals surface area contributed by atoms with Crippen LogP contribution in [0.3, 0.4) is 0 Å². The first-order valence-electron chi connectivity index (χ1n) is 27.4. The van der Waals surface area contributed by atoms with Crippen molar-refractivity contribution in [2.24, 2.45) is 0 Å². The van der Waals surface area contributed by atoms with Crippen LogP contribution < -0.4 is 0 Å². The first kappa shape index (κ1) is 45.2. The van der Waals surface area contributed by atoms with Gasteiger partial charge in [-0.25, -0.2) is 0 Å². The van der Waals surface area contributed by atoms with E-state index in [4.69, 9.17) is 0 Å². The zero-order valence-corrected chi connectivity index (χ0v) is 43.5. The number of benzene rings is 10. The van der Waals surface area contributed by atoms with Gasteiger partial charge in [-0.05, 0) is 158 Å². The lowest BCUT2D eigenvalue weighted by Gasteiger charge is -2.24. The second kappa shape index (κ2) is 18.0. The van der Waals surface area contributed by atoms with Gasteiger partial charge in [-0.2, -0.15) is 0 Å². The molecule has 2 heteroatoms. The molecule has 0 atom stereocenters. The highest BCUT2D eigenvalue weighted by atomic mass is 15.0. The van der Waals surface area contributed by atoms with Crippen LogP contribution in [0.1, 0.15) is 66.6 Å². The van der Waals surface area contributed by atoms with Crippen molar-refractivity contribution in [2.75, 3.05) is 0 Å². The number of nitrogens with zero attached hydrogens (tertiary/aromatic N) is 2. The van der Waals surface area contributed by atoms with Gasteiger partial charge in [-0.1, -0.05) is 214 Å². The van der Waals surface area contributed by atoms with E-state index in [0.29, 0.717) is 0 Å². The lowest BCUT2D eigenvalue weighted by molar-refractivity contribution is 0.660. The minimum Gasteiger partial charge on any atom is -0.309 e. The number of rotatable bonds is 8. The van der Waals surface area contributed by atoms with Gasteiger partial charge in [0.25, 0.3) is 0 Å². The molecule has 0 fully saturated rings. The van der Waals surface area contributed by atoms with Crippen LogP contribution in [0.15, 0.2) is 255 Å². The van der Waals surface area contributed by atoms with E-state index in [1.807, 2.05) is 0 Å². The molecule has 0 saturated carbocycles. The van der Waals surface area contributed by atoms with Crippen LogP contribution in [-0.4, -0.2) is 9.13 Å². The van der Waals surface area contributed by atoms with Crippen molar-refractivity contribution in [3.8, 4) is 67.0 Å². The van der Waals surface area contributed by atoms with E-state index in [9.17, 15) is 0 Å². The molecule has 0 unspecified atom stereocenters. The molecule has 3 aliphatic rings. The Morgan fingerprint density at radius 2 is 0.974 bits per heavy atom. The lowest BCUT2D eigenvalue weighted by Crippen LogP contribution is -2.15. The Morgan fingerprint density at radius 1 is 0.364 bits per heavy atom. The van der Waals surface area contributed by atoms with E-state index in [2.05, 4.69) is 278 Å². The van der Waals surface area contributed by atoms with Crippen molar-refractivity contribution >= 4 is 43.9 Å². The van der Waals surface area contributed by atoms with E-state index < -0.39 is 0 Å². The molecule has 0 aliphatic heterocycles. The molecular weight excluding hydrogens is 929 g/mol. The number of aryl methyl sites for hydroxylation is 1. The number of hydrogen-bond acceptors (Lipinski definition) is 0. The van der Waals surface area contributed by atoms with Crippen molar-refractivity contribution in [1.29, 1.82) is 0 Å². The predicted molar refractivity (Wildman–Crippen MR) is 325 cm³/mol. The largest absolute Gasteiger partial charge is 0.309 e. The number of allylic oxidation sites excluding steroid dienone is 5. The molecular formula is C75H56N2. The van der Waals surface area contributed by atoms with Gasteiger partial charge in [0.1, 0.15) is 0 Å². The van der Waals surface area contributed by atoms with E-state index in [-0.39, 0.29) is 5.41 Å². The summed E-state index contributed by atoms with van der Waals surface area (Å²) in [6.45, 7) is 4.80. The maximum atomic E-state index is 2.66. The van der Waals surface area contributed by atoms with Crippen molar-refractivity contribution in [3.63, 3.8) is 0 Å². The Hall–Kier alpha value is -9.24. The molecule has 2 nitrogen and oxygen atoms in total. The molecule has 15 rings (SSSR count). The zero-order chi connectivity index (χ0) is 51.2. The molecule has 2 aromatic heterocycles. The third-order valence-corrected chi connectivity index (χ3v) is 17.0. The van der Waals surface area contributed by atoms with E-state index >= 15 is 0 Å². The summed E-state index contributed by atoms with van der Waals surface area (Å²) >= 11 is 0. The Balaban J connectivity index is 1.03. The summed E-state index contributed by atoms with van der Waals surface area (Å²) in [6.07, 6.45) is 13.7. The smallest absolute Gasteiger partial charge is 0.0619 e. The topological polar surface area (TPSA) is 9.86 Å². The molecule has 77 heavy (non-hydrogen) atoms. The van der Waals surface area contributed by atoms with Crippen molar-refractivity contribution in [1.82, 2.24) is 9.13 Å². The summed E-state index contributed by atoms with van der Waals surface area (Å²) in [6, 6.07) is 86.4. The van der Waals surface area contributed by atoms with E-state index in [0.717, 1.165) is 31.4 Å². The summed E-state index contributed by atoms with van der Waals surface area (Å²) in [7, 11) is 0. The quantitative estimate of drug-likeness (QED) is 0.144. The van der Waals surface area contributed by atoms with Gasteiger partial charge in [-0.3, -0.25) is 0 Å². The molecule has 0 spiro atoms. The van der Waals surface area contributed by atoms with Crippen molar-refractivity contribution < 1.29 is 0 Å². The molecule has 0 N–H and O–H groups in total. The SMILES string of the molecule is CC1(C)c2ccccc2-c2ccc(-n3c4c(c5cc(C6=CCCC=C6)cc(-c6ccccc6)c53)CCC=C4c3ccc4c5cc(-c6ccccc6)cc(-c6ccccc6)c5n(-c5cccc(-c6ccccc6)c5)c4c3)cc21. The molecule has 0 radical (unpaired) electrons. The van der Waals surface area contributed by atoms with Gasteiger partial charge in [0.15, 0.2) is 0 Å². The molecule has 12 aromatic rings. The Labute approximate surface area is 450 Å². The fourth-order valence-electron chi connectivity index (χ4n) is 13.3. The van der Waals surface area contributed by atoms with Gasteiger partial charge in [0, 0.05) is 49.6 Å². The monoisotopic (exact) mass is 984 g/mol. The normalized spacial score (nSPS) is 14.4. The highest BCUT2D eigenvalue weighted by Gasteiger charge is 2.36. The van der Waals surface area contributed by atoms with Gasteiger partial charge in [0.2, 0.25) is 0 Å². The molecule has 0 bridgehead atoms. The van der Waals surface area contributed by atoms with Gasteiger partial charge < -0.3 is 9.13 Å². The van der Waals surface area contributed by atoms with Crippen molar-refractivity contribution in [3.05, 3.63) is 288 Å². The number of aromatic nitrogens is 2. The first-order valence-corrected chi connectivity index (χ1v) is 27.4. The highest BCUT2D eigenvalue weighted by molar-refractivity contribution is 6.16. The summed E-state index contributed by atoms with van der Waals surface area (Å²) in [5.41, 5.74) is 28.7. The lowest BCUT2D eigenvalue weighted by atomic mass is 9.82. The predicted octanol–water partition coefficient (Wildman–Crippen LogP) is 19.8. The second-order valence-electron chi connectivity index (χ2n) is 21.8. The standard InChI is InChI=1S/C75H56N2/c1-75(2)69-37-19-18-34-61(69)62-41-39-59(48-70(62)75)77-72-60(35-21-36-64(72)68-46-57(51-26-12-5-13-27-51)44-66(74(68)77)53-30-16-7-17-31-53)55-38-40-63-67-45-56(50-24-10-4-11-25-50)43-65(52-28-14-6-15-29-52)73(67)76(71(63)47-55)58-33-20-32-54(42-58)49-22-8-3-9-23-49/h3-4,6-12,14-20,22-35,37-48H,5,13,21,36H2,1-2H3. The number of fused-ring (bicyclic) bond motifs is 9. The van der Waals surface area contributed by atoms with Crippen molar-refractivity contribution in [2.45, 2.75) is 44.9 Å². The second-order valence-corrected chi connectivity index (χ2v) is 21.8. The molecule has 3 aliphatic carbocycles. The Bertz CT molecular complexity index is 4430. The molecule has 0 amide bonds. The average Bonchev–Trinajstić information content (AvgIpc) is 4.31. The Morgan fingerprint density at radius 3 is 1.69 bits per heavy atom. The third-order valence-electron chi connectivity index (χ3n) is 17.0. The van der Waals surface area contributed by atoms with Crippen LogP contribution in [0.25, 0.3) is 111 Å². The molecule has 2 heterocycles. The fourth-order valence-corrected chi connectivity index (χ4v) is 13.3. The maximum Gasteiger partial charge on any atom is 0.0619 e. The maximum absolute atomic E-state index is 2.66. The Kier molecular flexibility index (Phi) is 10.5. The van der Waals surface area contributed by atoms with Crippen LogP contribution in [0, 0.1) is 0 Å². The van der Waals surface area contributed by atoms with Crippen LogP contribution in [0.5, 0.6) is 0 Å². The van der Waals surface area contributed by atoms with Gasteiger partial charge in [0.05, 0.1) is 22.2 Å². The first-order chi connectivity index (χ1) is 38.0. The number of hydrogen-bond donors (Lipinski definition) is 0. The summed E-state index contributed by atoms with van der Waals surface area (Å²) in [4.78, 5) is 0. The molecule has 0 saturated heterocycles. The summed E-state index contributed by atoms with van der Waals surface area (Å²) in [5.74, 6) is 0. The average molecular weight is 985 g/mol. The third kappa shape index (κ3) is 7.31. The minimum absolute atomic E-state index is 0.159. The summed E-state index contributed by atoms with van der Waals surface area (Å²) < 4.78 is 5.22. The minimum atomic E-state index is -0.159. The zero-order valence-electron chi connectivity index (χ0n) is 43.5. The van der Waals surface area contributed by atoms with Gasteiger partial charge >= 0.3 is 0 Å². The molecule has 10 aromatic carbocycles. The highest BCUT2D eigenvalue weighted by Crippen LogP contribution is 2.52. The molecule has 366 valence electrons. The van der Waals surface area contributed by atoms with Crippen LogP contribution in [0.4, 0.5) is 0 Å². The van der Waals surface area contributed by atoms with Gasteiger partial charge in [-0.15, -0.1) is 0 Å².